The molecule has 0 aromatic heterocycles. The summed E-state index contributed by atoms with van der Waals surface area (Å²) < 4.78 is 10.6. The minimum atomic E-state index is 0. The Labute approximate surface area is 139 Å². The average Bonchev–Trinajstić information content (AvgIpc) is 2.05. The van der Waals surface area contributed by atoms with Crippen molar-refractivity contribution >= 4 is 58.5 Å². The third-order valence-corrected chi connectivity index (χ3v) is 3.02. The molecule has 0 aromatic carbocycles. The number of thiocarbonyl (C=S) groups is 2. The largest absolute Gasteiger partial charge is 2.00 e. The molecule has 100 valence electrons. The van der Waals surface area contributed by atoms with Gasteiger partial charge in [0.05, 0.1) is 12.2 Å². The first-order valence-corrected chi connectivity index (χ1v) is 6.96. The molecule has 7 heteroatoms. The van der Waals surface area contributed by atoms with Crippen LogP contribution in [0.4, 0.5) is 0 Å². The van der Waals surface area contributed by atoms with E-state index in [2.05, 4.69) is 49.7 Å². The van der Waals surface area contributed by atoms with Crippen molar-refractivity contribution in [2.24, 2.45) is 0 Å². The fourth-order valence-electron chi connectivity index (χ4n) is 1.25. The van der Waals surface area contributed by atoms with Crippen LogP contribution in [0.25, 0.3) is 0 Å². The van der Waals surface area contributed by atoms with E-state index in [0.29, 0.717) is 12.2 Å². The first-order chi connectivity index (χ1) is 7.58. The molecule has 0 spiro atoms. The van der Waals surface area contributed by atoms with Gasteiger partial charge in [0.25, 0.3) is 0 Å². The van der Waals surface area contributed by atoms with E-state index in [9.17, 15) is 0 Å². The summed E-state index contributed by atoms with van der Waals surface area (Å²) >= 11 is 18.3. The first-order valence-electron chi connectivity index (χ1n) is 5.33. The van der Waals surface area contributed by atoms with Crippen molar-refractivity contribution in [3.05, 3.63) is 0 Å². The molecule has 2 fully saturated rings. The molecule has 17 heavy (non-hydrogen) atoms. The zero-order valence-electron chi connectivity index (χ0n) is 9.16. The zero-order valence-corrected chi connectivity index (χ0v) is 14.7. The molecule has 0 saturated heterocycles. The van der Waals surface area contributed by atoms with Gasteiger partial charge >= 0.3 is 21.1 Å². The van der Waals surface area contributed by atoms with Crippen LogP contribution in [-0.4, -0.2) is 21.0 Å². The second-order valence-corrected chi connectivity index (χ2v) is 5.84. The number of hydrogen-bond acceptors (Lipinski definition) is 6. The molecular weight excluding hydrogens is 475 g/mol. The molecule has 0 unspecified atom stereocenters. The Balaban J connectivity index is 0.000000284. The van der Waals surface area contributed by atoms with E-state index in [-0.39, 0.29) is 29.8 Å². The van der Waals surface area contributed by atoms with Gasteiger partial charge in [-0.05, 0) is 38.5 Å². The smallest absolute Gasteiger partial charge is 0.510 e. The SMILES string of the molecule is S=C([S-])OC1CCC1.S=C([S-])OC1CCC1.[Pt+2]. The standard InChI is InChI=1S/2C5H8OS2.Pt/c2*7-5(8)6-4-2-1-3-4;/h2*4H,1-3H2,(H,7,8);/q;;+2/p-2. The second-order valence-electron chi connectivity index (χ2n) is 3.84. The summed E-state index contributed by atoms with van der Waals surface area (Å²) in [5, 5.41) is 0. The summed E-state index contributed by atoms with van der Waals surface area (Å²) in [6, 6.07) is 0. The van der Waals surface area contributed by atoms with Gasteiger partial charge in [-0.15, -0.1) is 0 Å². The van der Waals surface area contributed by atoms with Crippen LogP contribution in [-0.2, 0) is 55.8 Å². The molecule has 0 radical (unpaired) electrons. The molecule has 2 rings (SSSR count). The maximum Gasteiger partial charge on any atom is 2.00 e. The van der Waals surface area contributed by atoms with Crippen molar-refractivity contribution in [2.45, 2.75) is 50.7 Å². The van der Waals surface area contributed by atoms with Crippen molar-refractivity contribution < 1.29 is 30.5 Å². The van der Waals surface area contributed by atoms with Crippen molar-refractivity contribution in [1.29, 1.82) is 0 Å². The third-order valence-electron chi connectivity index (χ3n) is 2.63. The quantitative estimate of drug-likeness (QED) is 0.436. The van der Waals surface area contributed by atoms with Crippen molar-refractivity contribution in [1.82, 2.24) is 0 Å². The summed E-state index contributed by atoms with van der Waals surface area (Å²) in [6.07, 6.45) is 7.80. The summed E-state index contributed by atoms with van der Waals surface area (Å²) in [5.74, 6) is 0. The van der Waals surface area contributed by atoms with Crippen LogP contribution in [0.15, 0.2) is 0 Å². The van der Waals surface area contributed by atoms with E-state index in [1.165, 1.54) is 12.8 Å². The molecule has 0 bridgehead atoms. The zero-order chi connectivity index (χ0) is 12.0. The van der Waals surface area contributed by atoms with Crippen LogP contribution in [0.3, 0.4) is 0 Å². The van der Waals surface area contributed by atoms with Gasteiger partial charge < -0.3 is 59.2 Å². The van der Waals surface area contributed by atoms with Gasteiger partial charge in [0, 0.05) is 8.77 Å². The van der Waals surface area contributed by atoms with E-state index in [1.54, 1.807) is 0 Å². The van der Waals surface area contributed by atoms with Gasteiger partial charge in [0.2, 0.25) is 0 Å². The van der Waals surface area contributed by atoms with Gasteiger partial charge in [-0.1, -0.05) is 0 Å². The van der Waals surface area contributed by atoms with Crippen LogP contribution >= 0.6 is 24.4 Å². The molecule has 0 heterocycles. The number of hydrogen-bond donors (Lipinski definition) is 0. The van der Waals surface area contributed by atoms with E-state index < -0.39 is 0 Å². The van der Waals surface area contributed by atoms with Crippen LogP contribution in [0.5, 0.6) is 0 Å². The monoisotopic (exact) mass is 489 g/mol. The Morgan fingerprint density at radius 2 is 1.12 bits per heavy atom. The minimum absolute atomic E-state index is 0. The molecule has 2 nitrogen and oxygen atoms in total. The summed E-state index contributed by atoms with van der Waals surface area (Å²) in [7, 11) is 0. The summed E-state index contributed by atoms with van der Waals surface area (Å²) in [4.78, 5) is 0. The summed E-state index contributed by atoms with van der Waals surface area (Å²) in [6.45, 7) is 0. The van der Waals surface area contributed by atoms with Crippen LogP contribution in [0.2, 0.25) is 0 Å². The molecule has 0 aromatic rings. The molecular formula is C10H14O2PtS4. The van der Waals surface area contributed by atoms with Gasteiger partial charge in [0.15, 0.2) is 0 Å². The molecule has 2 aliphatic carbocycles. The Bertz CT molecular complexity index is 229. The van der Waals surface area contributed by atoms with Gasteiger partial charge in [0.1, 0.15) is 0 Å². The van der Waals surface area contributed by atoms with Crippen LogP contribution in [0.1, 0.15) is 38.5 Å². The van der Waals surface area contributed by atoms with E-state index in [0.717, 1.165) is 25.7 Å². The third kappa shape index (κ3) is 8.60. The molecule has 0 aliphatic heterocycles. The van der Waals surface area contributed by atoms with Crippen molar-refractivity contribution in [3.8, 4) is 0 Å². The Morgan fingerprint density at radius 3 is 1.18 bits per heavy atom. The van der Waals surface area contributed by atoms with Crippen molar-refractivity contribution in [2.75, 3.05) is 0 Å². The minimum Gasteiger partial charge on any atom is -0.510 e. The number of rotatable bonds is 2. The molecule has 0 N–H and O–H groups in total. The maximum atomic E-state index is 5.03. The second kappa shape index (κ2) is 9.79. The molecule has 2 aliphatic rings. The van der Waals surface area contributed by atoms with Gasteiger partial charge in [-0.3, -0.25) is 0 Å². The average molecular weight is 490 g/mol. The van der Waals surface area contributed by atoms with Crippen LogP contribution in [0, 0.1) is 0 Å². The Hall–Kier alpha value is 0.908. The van der Waals surface area contributed by atoms with Gasteiger partial charge in [-0.25, -0.2) is 0 Å². The maximum absolute atomic E-state index is 5.03. The molecule has 0 amide bonds. The predicted molar refractivity (Wildman–Crippen MR) is 77.4 cm³/mol. The Kier molecular flexibility index (Phi) is 10.3. The fourth-order valence-corrected chi connectivity index (χ4v) is 1.79. The van der Waals surface area contributed by atoms with E-state index >= 15 is 0 Å². The number of ether oxygens (including phenoxy) is 2. The fraction of sp³-hybridized carbons (Fsp3) is 0.800. The topological polar surface area (TPSA) is 18.5 Å². The van der Waals surface area contributed by atoms with Crippen LogP contribution < -0.4 is 0 Å². The van der Waals surface area contributed by atoms with Gasteiger partial charge in [-0.2, -0.15) is 0 Å². The molecule has 0 atom stereocenters. The first kappa shape index (κ1) is 17.9. The molecule has 2 saturated carbocycles. The summed E-state index contributed by atoms with van der Waals surface area (Å²) in [5.41, 5.74) is 0. The van der Waals surface area contributed by atoms with E-state index in [1.807, 2.05) is 0 Å². The van der Waals surface area contributed by atoms with E-state index in [4.69, 9.17) is 9.47 Å². The normalized spacial score (nSPS) is 18.4. The Morgan fingerprint density at radius 1 is 0.824 bits per heavy atom. The predicted octanol–water partition coefficient (Wildman–Crippen LogP) is 2.77. The van der Waals surface area contributed by atoms with Crippen molar-refractivity contribution in [3.63, 3.8) is 0 Å².